The topological polar surface area (TPSA) is 6.48 Å². The van der Waals surface area contributed by atoms with Crippen LogP contribution in [0, 0.1) is 5.92 Å². The molecule has 1 aliphatic carbocycles. The number of benzene rings is 7. The van der Waals surface area contributed by atoms with Crippen LogP contribution < -0.4 is 9.80 Å². The molecule has 2 atom stereocenters. The molecule has 7 aromatic rings. The number of hydrogen-bond acceptors (Lipinski definition) is 2. The van der Waals surface area contributed by atoms with Gasteiger partial charge in [-0.25, -0.2) is 0 Å². The second-order valence-corrected chi connectivity index (χ2v) is 11.4. The molecule has 0 N–H and O–H groups in total. The molecular weight excluding hydrogens is 520 g/mol. The van der Waals surface area contributed by atoms with Crippen molar-refractivity contribution >= 4 is 60.8 Å². The molecule has 0 fully saturated rings. The highest BCUT2D eigenvalue weighted by Gasteiger charge is 2.26. The Kier molecular flexibility index (Phi) is 6.19. The molecule has 7 aromatic carbocycles. The number of anilines is 5. The van der Waals surface area contributed by atoms with E-state index in [4.69, 9.17) is 0 Å². The van der Waals surface area contributed by atoms with Crippen LogP contribution in [0.4, 0.5) is 28.4 Å². The van der Waals surface area contributed by atoms with Gasteiger partial charge in [0.05, 0.1) is 11.7 Å². The van der Waals surface area contributed by atoms with Gasteiger partial charge in [-0.3, -0.25) is 0 Å². The van der Waals surface area contributed by atoms with Gasteiger partial charge in [0.15, 0.2) is 0 Å². The van der Waals surface area contributed by atoms with E-state index in [1.165, 1.54) is 49.4 Å². The molecule has 1 unspecified atom stereocenters. The average molecular weight is 553 g/mol. The van der Waals surface area contributed by atoms with E-state index in [0.29, 0.717) is 5.92 Å². The Bertz CT molecular complexity index is 2060. The lowest BCUT2D eigenvalue weighted by Crippen LogP contribution is -2.35. The van der Waals surface area contributed by atoms with E-state index in [2.05, 4.69) is 181 Å². The van der Waals surface area contributed by atoms with Crippen LogP contribution in [0.3, 0.4) is 0 Å². The highest BCUT2D eigenvalue weighted by atomic mass is 15.2. The van der Waals surface area contributed by atoms with Crippen molar-refractivity contribution in [3.05, 3.63) is 164 Å². The smallest absolute Gasteiger partial charge is 0.0585 e. The van der Waals surface area contributed by atoms with Crippen LogP contribution in [0.25, 0.3) is 32.3 Å². The number of hydrogen-bond donors (Lipinski definition) is 0. The second-order valence-electron chi connectivity index (χ2n) is 11.4. The van der Waals surface area contributed by atoms with Gasteiger partial charge < -0.3 is 9.80 Å². The Hall–Kier alpha value is -5.34. The third-order valence-corrected chi connectivity index (χ3v) is 8.85. The first kappa shape index (κ1) is 25.4. The first-order chi connectivity index (χ1) is 21.3. The van der Waals surface area contributed by atoms with Crippen LogP contribution in [0.2, 0.25) is 0 Å². The standard InChI is InChI=1S/C41H32N2/c1-29-13-11-12-20-37(29)43(34-18-9-4-10-19-34)39-28-24-31-21-25-35-38(27-23-30-22-26-36(39)41(31)40(30)35)42(32-14-5-2-6-15-32)33-16-7-3-8-17-33/h2-29,37H,1H3/t29-,37?/m0/s1. The van der Waals surface area contributed by atoms with Crippen molar-refractivity contribution in [2.24, 2.45) is 5.92 Å². The Morgan fingerprint density at radius 1 is 0.442 bits per heavy atom. The minimum atomic E-state index is 0.216. The van der Waals surface area contributed by atoms with Gasteiger partial charge in [-0.1, -0.05) is 122 Å². The zero-order valence-corrected chi connectivity index (χ0v) is 24.1. The largest absolute Gasteiger partial charge is 0.333 e. The summed E-state index contributed by atoms with van der Waals surface area (Å²) >= 11 is 0. The molecule has 0 saturated heterocycles. The van der Waals surface area contributed by atoms with Crippen LogP contribution in [-0.4, -0.2) is 6.04 Å². The summed E-state index contributed by atoms with van der Waals surface area (Å²) in [7, 11) is 0. The van der Waals surface area contributed by atoms with Crippen molar-refractivity contribution < 1.29 is 0 Å². The van der Waals surface area contributed by atoms with E-state index in [-0.39, 0.29) is 6.04 Å². The van der Waals surface area contributed by atoms with Crippen molar-refractivity contribution in [3.8, 4) is 0 Å². The van der Waals surface area contributed by atoms with Crippen LogP contribution in [0.1, 0.15) is 6.92 Å². The molecule has 0 saturated carbocycles. The van der Waals surface area contributed by atoms with Gasteiger partial charge in [0.2, 0.25) is 0 Å². The molecule has 1 aliphatic rings. The van der Waals surface area contributed by atoms with Crippen LogP contribution in [0.5, 0.6) is 0 Å². The molecule has 0 radical (unpaired) electrons. The third-order valence-electron chi connectivity index (χ3n) is 8.85. The Labute approximate surface area is 252 Å². The van der Waals surface area contributed by atoms with Gasteiger partial charge in [-0.05, 0) is 76.0 Å². The summed E-state index contributed by atoms with van der Waals surface area (Å²) in [5, 5.41) is 7.68. The summed E-state index contributed by atoms with van der Waals surface area (Å²) < 4.78 is 0. The van der Waals surface area contributed by atoms with E-state index in [0.717, 1.165) is 11.4 Å². The maximum absolute atomic E-state index is 2.53. The minimum absolute atomic E-state index is 0.216. The van der Waals surface area contributed by atoms with Crippen molar-refractivity contribution in [1.29, 1.82) is 0 Å². The van der Waals surface area contributed by atoms with Gasteiger partial charge in [0, 0.05) is 33.5 Å². The molecule has 0 aromatic heterocycles. The van der Waals surface area contributed by atoms with Crippen LogP contribution in [0.15, 0.2) is 164 Å². The minimum Gasteiger partial charge on any atom is -0.333 e. The fourth-order valence-electron chi connectivity index (χ4n) is 6.84. The summed E-state index contributed by atoms with van der Waals surface area (Å²) in [6.45, 7) is 2.31. The monoisotopic (exact) mass is 552 g/mol. The predicted octanol–water partition coefficient (Wildman–Crippen LogP) is 11.3. The van der Waals surface area contributed by atoms with Gasteiger partial charge in [-0.2, -0.15) is 0 Å². The zero-order valence-electron chi connectivity index (χ0n) is 24.1. The molecule has 0 heterocycles. The highest BCUT2D eigenvalue weighted by Crippen LogP contribution is 2.46. The Morgan fingerprint density at radius 2 is 0.907 bits per heavy atom. The van der Waals surface area contributed by atoms with E-state index in [1.807, 2.05) is 0 Å². The molecule has 43 heavy (non-hydrogen) atoms. The first-order valence-electron chi connectivity index (χ1n) is 15.1. The molecule has 2 heteroatoms. The van der Waals surface area contributed by atoms with Gasteiger partial charge in [0.1, 0.15) is 0 Å². The molecule has 0 spiro atoms. The summed E-state index contributed by atoms with van der Waals surface area (Å²) in [5.41, 5.74) is 5.91. The lowest BCUT2D eigenvalue weighted by molar-refractivity contribution is 0.610. The average Bonchev–Trinajstić information content (AvgIpc) is 3.07. The lowest BCUT2D eigenvalue weighted by atomic mass is 9.90. The van der Waals surface area contributed by atoms with Gasteiger partial charge in [0.25, 0.3) is 0 Å². The molecule has 0 aliphatic heterocycles. The lowest BCUT2D eigenvalue weighted by Gasteiger charge is -2.37. The summed E-state index contributed by atoms with van der Waals surface area (Å²) in [4.78, 5) is 4.90. The van der Waals surface area contributed by atoms with Gasteiger partial charge >= 0.3 is 0 Å². The Balaban J connectivity index is 1.40. The van der Waals surface area contributed by atoms with Crippen LogP contribution in [-0.2, 0) is 0 Å². The summed E-state index contributed by atoms with van der Waals surface area (Å²) in [6, 6.07) is 50.8. The van der Waals surface area contributed by atoms with E-state index in [1.54, 1.807) is 0 Å². The summed E-state index contributed by atoms with van der Waals surface area (Å²) in [6.07, 6.45) is 9.00. The van der Waals surface area contributed by atoms with E-state index in [9.17, 15) is 0 Å². The number of para-hydroxylation sites is 3. The van der Waals surface area contributed by atoms with Crippen molar-refractivity contribution in [3.63, 3.8) is 0 Å². The molecule has 0 bridgehead atoms. The molecule has 8 rings (SSSR count). The highest BCUT2D eigenvalue weighted by molar-refractivity contribution is 6.28. The molecular formula is C41H32N2. The van der Waals surface area contributed by atoms with E-state index >= 15 is 0 Å². The van der Waals surface area contributed by atoms with E-state index < -0.39 is 0 Å². The fraction of sp³-hybridized carbons (Fsp3) is 0.0732. The number of allylic oxidation sites excluding steroid dienone is 2. The summed E-state index contributed by atoms with van der Waals surface area (Å²) in [5.74, 6) is 0.376. The van der Waals surface area contributed by atoms with Crippen molar-refractivity contribution in [2.45, 2.75) is 13.0 Å². The normalized spacial score (nSPS) is 16.3. The Morgan fingerprint density at radius 3 is 1.47 bits per heavy atom. The molecule has 0 amide bonds. The first-order valence-corrected chi connectivity index (χ1v) is 15.1. The molecule has 206 valence electrons. The zero-order chi connectivity index (χ0) is 28.8. The number of rotatable bonds is 6. The quantitative estimate of drug-likeness (QED) is 0.189. The number of nitrogens with zero attached hydrogens (tertiary/aromatic N) is 2. The van der Waals surface area contributed by atoms with Crippen LogP contribution >= 0.6 is 0 Å². The second kappa shape index (κ2) is 10.5. The SMILES string of the molecule is C[C@H]1C=CC=CC1N(c1ccccc1)c1ccc2ccc3c(N(c4ccccc4)c4ccccc4)ccc4ccc1c2c43. The van der Waals surface area contributed by atoms with Crippen molar-refractivity contribution in [2.75, 3.05) is 9.80 Å². The predicted molar refractivity (Wildman–Crippen MR) is 185 cm³/mol. The maximum atomic E-state index is 2.53. The van der Waals surface area contributed by atoms with Crippen molar-refractivity contribution in [1.82, 2.24) is 0 Å². The van der Waals surface area contributed by atoms with Gasteiger partial charge in [-0.15, -0.1) is 0 Å². The fourth-order valence-corrected chi connectivity index (χ4v) is 6.84. The third kappa shape index (κ3) is 4.26. The maximum Gasteiger partial charge on any atom is 0.0585 e. The molecule has 2 nitrogen and oxygen atoms in total.